The Morgan fingerprint density at radius 3 is 2.12 bits per heavy atom. The Kier molecular flexibility index (Phi) is 5.48. The van der Waals surface area contributed by atoms with Gasteiger partial charge >= 0.3 is 0 Å². The summed E-state index contributed by atoms with van der Waals surface area (Å²) < 4.78 is 52.8. The molecule has 0 N–H and O–H groups in total. The minimum absolute atomic E-state index is 0.00247. The standard InChI is InChI=1S/C24H18F2N2O3S/c1-15-4-3-5-21(23(15)26)28-24(29)22(17-6-10-18(25)11-7-17)20(14-27-28)16-8-12-19(13-9-16)32(2,30)31/h3-14H,1-2H3. The van der Waals surface area contributed by atoms with Crippen molar-refractivity contribution in [3.05, 3.63) is 100 Å². The predicted octanol–water partition coefficient (Wildman–Crippen LogP) is 4.56. The normalized spacial score (nSPS) is 11.5. The first-order valence-electron chi connectivity index (χ1n) is 9.61. The van der Waals surface area contributed by atoms with Crippen molar-refractivity contribution in [2.45, 2.75) is 11.8 Å². The van der Waals surface area contributed by atoms with Gasteiger partial charge in [-0.2, -0.15) is 9.78 Å². The third-order valence-electron chi connectivity index (χ3n) is 5.10. The number of aryl methyl sites for hydroxylation is 1. The maximum Gasteiger partial charge on any atom is 0.280 e. The van der Waals surface area contributed by atoms with Crippen molar-refractivity contribution in [3.63, 3.8) is 0 Å². The molecule has 1 heterocycles. The zero-order chi connectivity index (χ0) is 23.0. The Labute approximate surface area is 183 Å². The van der Waals surface area contributed by atoms with Gasteiger partial charge in [0.25, 0.3) is 5.56 Å². The molecule has 0 bridgehead atoms. The molecule has 162 valence electrons. The third kappa shape index (κ3) is 3.97. The van der Waals surface area contributed by atoms with Gasteiger partial charge in [-0.05, 0) is 53.9 Å². The molecule has 0 radical (unpaired) electrons. The molecule has 0 saturated heterocycles. The van der Waals surface area contributed by atoms with Crippen LogP contribution in [0.1, 0.15) is 5.56 Å². The molecule has 1 aromatic heterocycles. The number of rotatable bonds is 4. The van der Waals surface area contributed by atoms with E-state index in [4.69, 9.17) is 0 Å². The molecule has 0 aliphatic heterocycles. The van der Waals surface area contributed by atoms with Crippen LogP contribution in [0.5, 0.6) is 0 Å². The van der Waals surface area contributed by atoms with Crippen LogP contribution in [-0.4, -0.2) is 24.5 Å². The Hall–Kier alpha value is -3.65. The summed E-state index contributed by atoms with van der Waals surface area (Å²) >= 11 is 0. The van der Waals surface area contributed by atoms with E-state index < -0.39 is 27.0 Å². The van der Waals surface area contributed by atoms with Crippen LogP contribution in [0.2, 0.25) is 0 Å². The number of sulfone groups is 1. The van der Waals surface area contributed by atoms with Crippen LogP contribution >= 0.6 is 0 Å². The highest BCUT2D eigenvalue weighted by molar-refractivity contribution is 7.90. The lowest BCUT2D eigenvalue weighted by Crippen LogP contribution is -2.24. The SMILES string of the molecule is Cc1cccc(-n2ncc(-c3ccc(S(C)(=O)=O)cc3)c(-c3ccc(F)cc3)c2=O)c1F. The molecule has 0 atom stereocenters. The van der Waals surface area contributed by atoms with Crippen LogP contribution in [0, 0.1) is 18.6 Å². The lowest BCUT2D eigenvalue weighted by atomic mass is 9.97. The van der Waals surface area contributed by atoms with E-state index >= 15 is 0 Å². The molecule has 3 aromatic carbocycles. The summed E-state index contributed by atoms with van der Waals surface area (Å²) in [6.07, 6.45) is 2.52. The second-order valence-corrected chi connectivity index (χ2v) is 9.38. The topological polar surface area (TPSA) is 69.0 Å². The van der Waals surface area contributed by atoms with E-state index in [0.29, 0.717) is 22.3 Å². The zero-order valence-corrected chi connectivity index (χ0v) is 18.0. The lowest BCUT2D eigenvalue weighted by Gasteiger charge is -2.14. The molecule has 4 rings (SSSR count). The van der Waals surface area contributed by atoms with E-state index in [0.717, 1.165) is 10.9 Å². The summed E-state index contributed by atoms with van der Waals surface area (Å²) in [6, 6.07) is 16.0. The van der Waals surface area contributed by atoms with Crippen LogP contribution in [0.3, 0.4) is 0 Å². The molecule has 0 saturated carbocycles. The van der Waals surface area contributed by atoms with E-state index in [2.05, 4.69) is 5.10 Å². The number of hydrogen-bond donors (Lipinski definition) is 0. The van der Waals surface area contributed by atoms with Crippen molar-refractivity contribution in [2.75, 3.05) is 6.26 Å². The summed E-state index contributed by atoms with van der Waals surface area (Å²) in [5.41, 5.74) is 1.32. The Morgan fingerprint density at radius 2 is 1.50 bits per heavy atom. The molecule has 4 aromatic rings. The number of aromatic nitrogens is 2. The second kappa shape index (κ2) is 8.12. The van der Waals surface area contributed by atoms with Gasteiger partial charge in [-0.1, -0.05) is 36.4 Å². The highest BCUT2D eigenvalue weighted by atomic mass is 32.2. The quantitative estimate of drug-likeness (QED) is 0.455. The maximum absolute atomic E-state index is 14.7. The predicted molar refractivity (Wildman–Crippen MR) is 118 cm³/mol. The summed E-state index contributed by atoms with van der Waals surface area (Å²) in [5.74, 6) is -1.04. The largest absolute Gasteiger partial charge is 0.280 e. The third-order valence-corrected chi connectivity index (χ3v) is 6.23. The number of halogens is 2. The molecule has 0 spiro atoms. The van der Waals surface area contributed by atoms with Crippen LogP contribution in [0.4, 0.5) is 8.78 Å². The van der Waals surface area contributed by atoms with E-state index in [-0.39, 0.29) is 16.1 Å². The number of hydrogen-bond acceptors (Lipinski definition) is 4. The molecule has 0 unspecified atom stereocenters. The molecule has 0 aliphatic rings. The highest BCUT2D eigenvalue weighted by Crippen LogP contribution is 2.30. The Balaban J connectivity index is 1.99. The van der Waals surface area contributed by atoms with Crippen molar-refractivity contribution in [1.82, 2.24) is 9.78 Å². The van der Waals surface area contributed by atoms with Crippen LogP contribution in [0.15, 0.2) is 82.6 Å². The number of benzene rings is 3. The molecular weight excluding hydrogens is 434 g/mol. The van der Waals surface area contributed by atoms with Gasteiger partial charge in [0.1, 0.15) is 11.5 Å². The van der Waals surface area contributed by atoms with Gasteiger partial charge in [0, 0.05) is 11.8 Å². The summed E-state index contributed by atoms with van der Waals surface area (Å²) in [5, 5.41) is 4.17. The Morgan fingerprint density at radius 1 is 0.875 bits per heavy atom. The summed E-state index contributed by atoms with van der Waals surface area (Å²) in [6.45, 7) is 1.59. The van der Waals surface area contributed by atoms with E-state index in [9.17, 15) is 22.0 Å². The van der Waals surface area contributed by atoms with Crippen molar-refractivity contribution in [3.8, 4) is 27.9 Å². The highest BCUT2D eigenvalue weighted by Gasteiger charge is 2.19. The molecule has 0 fully saturated rings. The van der Waals surface area contributed by atoms with Gasteiger partial charge in [-0.25, -0.2) is 17.2 Å². The van der Waals surface area contributed by atoms with Crippen LogP contribution in [-0.2, 0) is 9.84 Å². The first-order chi connectivity index (χ1) is 15.2. The van der Waals surface area contributed by atoms with E-state index in [1.165, 1.54) is 48.7 Å². The van der Waals surface area contributed by atoms with Gasteiger partial charge in [0.15, 0.2) is 15.7 Å². The van der Waals surface area contributed by atoms with Gasteiger partial charge in [-0.15, -0.1) is 0 Å². The molecule has 0 amide bonds. The minimum Gasteiger partial charge on any atom is -0.267 e. The summed E-state index contributed by atoms with van der Waals surface area (Å²) in [7, 11) is -3.39. The van der Waals surface area contributed by atoms with Crippen molar-refractivity contribution in [1.29, 1.82) is 0 Å². The van der Waals surface area contributed by atoms with E-state index in [1.807, 2.05) is 0 Å². The molecule has 0 aliphatic carbocycles. The van der Waals surface area contributed by atoms with E-state index in [1.54, 1.807) is 31.2 Å². The fourth-order valence-corrected chi connectivity index (χ4v) is 4.05. The first kappa shape index (κ1) is 21.6. The molecule has 8 heteroatoms. The van der Waals surface area contributed by atoms with Gasteiger partial charge in [-0.3, -0.25) is 4.79 Å². The Bertz CT molecular complexity index is 1480. The van der Waals surface area contributed by atoms with Crippen molar-refractivity contribution < 1.29 is 17.2 Å². The van der Waals surface area contributed by atoms with Gasteiger partial charge in [0.2, 0.25) is 0 Å². The van der Waals surface area contributed by atoms with Crippen molar-refractivity contribution in [2.24, 2.45) is 0 Å². The smallest absolute Gasteiger partial charge is 0.267 e. The van der Waals surface area contributed by atoms with Crippen LogP contribution < -0.4 is 5.56 Å². The fraction of sp³-hybridized carbons (Fsp3) is 0.0833. The fourth-order valence-electron chi connectivity index (χ4n) is 3.42. The van der Waals surface area contributed by atoms with Crippen LogP contribution in [0.25, 0.3) is 27.9 Å². The van der Waals surface area contributed by atoms with Gasteiger partial charge < -0.3 is 0 Å². The molecule has 32 heavy (non-hydrogen) atoms. The van der Waals surface area contributed by atoms with Crippen molar-refractivity contribution >= 4 is 9.84 Å². The maximum atomic E-state index is 14.7. The minimum atomic E-state index is -3.39. The first-order valence-corrected chi connectivity index (χ1v) is 11.5. The summed E-state index contributed by atoms with van der Waals surface area (Å²) in [4.78, 5) is 13.6. The average molecular weight is 452 g/mol. The van der Waals surface area contributed by atoms with Gasteiger partial charge in [0.05, 0.1) is 16.7 Å². The lowest BCUT2D eigenvalue weighted by molar-refractivity contribution is 0.597. The number of nitrogens with zero attached hydrogens (tertiary/aromatic N) is 2. The molecular formula is C24H18F2N2O3S. The average Bonchev–Trinajstić information content (AvgIpc) is 2.76. The second-order valence-electron chi connectivity index (χ2n) is 7.36. The monoisotopic (exact) mass is 452 g/mol. The molecule has 5 nitrogen and oxygen atoms in total. The zero-order valence-electron chi connectivity index (χ0n) is 17.2.